The smallest absolute Gasteiger partial charge is 0.128 e. The molecule has 0 fully saturated rings. The van der Waals surface area contributed by atoms with E-state index in [1.165, 1.54) is 17.8 Å². The average molecular weight is 284 g/mol. The Balaban J connectivity index is 2.76. The molecule has 0 aliphatic carbocycles. The first-order valence-corrected chi connectivity index (χ1v) is 7.34. The monoisotopic (exact) mass is 284 g/mol. The zero-order valence-corrected chi connectivity index (χ0v) is 12.2. The Bertz CT molecular complexity index is 433. The van der Waals surface area contributed by atoms with Crippen molar-refractivity contribution in [2.24, 2.45) is 0 Å². The van der Waals surface area contributed by atoms with Gasteiger partial charge in [-0.15, -0.1) is 11.8 Å². The van der Waals surface area contributed by atoms with Gasteiger partial charge in [0.05, 0.1) is 10.8 Å². The maximum atomic E-state index is 13.7. The second-order valence-corrected chi connectivity index (χ2v) is 5.86. The van der Waals surface area contributed by atoms with Gasteiger partial charge in [0.25, 0.3) is 0 Å². The summed E-state index contributed by atoms with van der Waals surface area (Å²) >= 11 is 5.57. The lowest BCUT2D eigenvalue weighted by Gasteiger charge is -2.23. The molecule has 5 heteroatoms. The van der Waals surface area contributed by atoms with E-state index in [9.17, 15) is 4.39 Å². The van der Waals surface area contributed by atoms with Crippen LogP contribution in [0.2, 0.25) is 0 Å². The van der Waals surface area contributed by atoms with Crippen LogP contribution in [0.5, 0.6) is 0 Å². The summed E-state index contributed by atoms with van der Waals surface area (Å²) in [6.45, 7) is 1.90. The SMILES string of the molecule is CSC(C)(C#N)CCC(NS)c1ccccc1F. The molecule has 1 rings (SSSR count). The number of thioether (sulfide) groups is 1. The van der Waals surface area contributed by atoms with Crippen LogP contribution in [0.1, 0.15) is 31.4 Å². The third kappa shape index (κ3) is 3.91. The van der Waals surface area contributed by atoms with Crippen molar-refractivity contribution in [2.45, 2.75) is 30.6 Å². The van der Waals surface area contributed by atoms with E-state index in [-0.39, 0.29) is 11.9 Å². The van der Waals surface area contributed by atoms with Crippen molar-refractivity contribution in [3.63, 3.8) is 0 Å². The van der Waals surface area contributed by atoms with E-state index in [0.717, 1.165) is 0 Å². The first kappa shape index (κ1) is 15.4. The van der Waals surface area contributed by atoms with Crippen molar-refractivity contribution in [2.75, 3.05) is 6.26 Å². The molecule has 2 atom stereocenters. The molecule has 0 spiro atoms. The molecule has 0 aromatic heterocycles. The van der Waals surface area contributed by atoms with Gasteiger partial charge in [0.1, 0.15) is 5.82 Å². The predicted molar refractivity (Wildman–Crippen MR) is 78.0 cm³/mol. The molecule has 0 radical (unpaired) electrons. The fourth-order valence-electron chi connectivity index (χ4n) is 1.67. The molecule has 1 N–H and O–H groups in total. The minimum absolute atomic E-state index is 0.186. The number of hydrogen-bond acceptors (Lipinski definition) is 4. The van der Waals surface area contributed by atoms with E-state index >= 15 is 0 Å². The molecule has 0 aliphatic rings. The summed E-state index contributed by atoms with van der Waals surface area (Å²) in [6, 6.07) is 8.75. The minimum atomic E-state index is -0.436. The Morgan fingerprint density at radius 1 is 1.56 bits per heavy atom. The van der Waals surface area contributed by atoms with Crippen LogP contribution >= 0.6 is 24.6 Å². The molecule has 0 heterocycles. The Morgan fingerprint density at radius 2 is 2.22 bits per heavy atom. The highest BCUT2D eigenvalue weighted by Gasteiger charge is 2.25. The number of nitriles is 1. The molecule has 0 saturated heterocycles. The molecule has 0 saturated carbocycles. The zero-order chi connectivity index (χ0) is 13.6. The molecule has 2 nitrogen and oxygen atoms in total. The Kier molecular flexibility index (Phi) is 6.00. The lowest BCUT2D eigenvalue weighted by atomic mass is 9.97. The van der Waals surface area contributed by atoms with Crippen molar-refractivity contribution in [1.82, 2.24) is 4.72 Å². The highest BCUT2D eigenvalue weighted by molar-refractivity contribution is 8.00. The van der Waals surface area contributed by atoms with E-state index < -0.39 is 4.75 Å². The molecular weight excluding hydrogens is 267 g/mol. The highest BCUT2D eigenvalue weighted by atomic mass is 32.2. The molecule has 18 heavy (non-hydrogen) atoms. The van der Waals surface area contributed by atoms with Gasteiger partial charge < -0.3 is 0 Å². The van der Waals surface area contributed by atoms with Gasteiger partial charge in [-0.2, -0.15) is 5.26 Å². The first-order chi connectivity index (χ1) is 8.56. The summed E-state index contributed by atoms with van der Waals surface area (Å²) in [5.74, 6) is -0.244. The maximum absolute atomic E-state index is 13.7. The van der Waals surface area contributed by atoms with Crippen LogP contribution in [0.15, 0.2) is 24.3 Å². The lowest BCUT2D eigenvalue weighted by molar-refractivity contribution is 0.516. The molecular formula is C13H17FN2S2. The van der Waals surface area contributed by atoms with E-state index in [1.807, 2.05) is 13.2 Å². The van der Waals surface area contributed by atoms with Crippen LogP contribution in [0.25, 0.3) is 0 Å². The van der Waals surface area contributed by atoms with Crippen molar-refractivity contribution in [1.29, 1.82) is 5.26 Å². The van der Waals surface area contributed by atoms with Gasteiger partial charge in [0.2, 0.25) is 0 Å². The van der Waals surface area contributed by atoms with Gasteiger partial charge in [-0.1, -0.05) is 31.0 Å². The average Bonchev–Trinajstić information content (AvgIpc) is 2.41. The van der Waals surface area contributed by atoms with Gasteiger partial charge in [-0.25, -0.2) is 4.39 Å². The summed E-state index contributed by atoms with van der Waals surface area (Å²) in [4.78, 5) is 0. The number of nitrogens with zero attached hydrogens (tertiary/aromatic N) is 1. The maximum Gasteiger partial charge on any atom is 0.128 e. The number of rotatable bonds is 6. The van der Waals surface area contributed by atoms with E-state index in [0.29, 0.717) is 18.4 Å². The van der Waals surface area contributed by atoms with Crippen LogP contribution in [0.4, 0.5) is 4.39 Å². The molecule has 98 valence electrons. The number of nitrogens with one attached hydrogen (secondary N) is 1. The Labute approximate surface area is 118 Å². The second kappa shape index (κ2) is 7.03. The third-order valence-corrected chi connectivity index (χ3v) is 4.54. The largest absolute Gasteiger partial charge is 0.259 e. The summed E-state index contributed by atoms with van der Waals surface area (Å²) in [7, 11) is 0. The molecule has 0 bridgehead atoms. The van der Waals surface area contributed by atoms with Gasteiger partial charge in [-0.05, 0) is 32.1 Å². The van der Waals surface area contributed by atoms with Gasteiger partial charge in [-0.3, -0.25) is 4.72 Å². The van der Waals surface area contributed by atoms with Crippen molar-refractivity contribution >= 4 is 24.6 Å². The number of hydrogen-bond donors (Lipinski definition) is 2. The van der Waals surface area contributed by atoms with E-state index in [2.05, 4.69) is 23.6 Å². The van der Waals surface area contributed by atoms with Gasteiger partial charge >= 0.3 is 0 Å². The third-order valence-electron chi connectivity index (χ3n) is 3.03. The van der Waals surface area contributed by atoms with Crippen LogP contribution in [-0.2, 0) is 0 Å². The zero-order valence-electron chi connectivity index (χ0n) is 10.5. The summed E-state index contributed by atoms with van der Waals surface area (Å²) in [6.07, 6.45) is 3.25. The standard InChI is InChI=1S/C13H17FN2S2/c1-13(9-15,18-2)8-7-12(16-17)10-5-3-4-6-11(10)14/h3-6,12,16-17H,7-8H2,1-2H3. The van der Waals surface area contributed by atoms with Crippen molar-refractivity contribution in [3.8, 4) is 6.07 Å². The van der Waals surface area contributed by atoms with Crippen LogP contribution in [0.3, 0.4) is 0 Å². The number of benzene rings is 1. The van der Waals surface area contributed by atoms with E-state index in [4.69, 9.17) is 5.26 Å². The van der Waals surface area contributed by atoms with Crippen LogP contribution in [0, 0.1) is 17.1 Å². The first-order valence-electron chi connectivity index (χ1n) is 5.67. The fraction of sp³-hybridized carbons (Fsp3) is 0.462. The van der Waals surface area contributed by atoms with Crippen molar-refractivity contribution < 1.29 is 4.39 Å². The Morgan fingerprint density at radius 3 is 2.72 bits per heavy atom. The molecule has 2 unspecified atom stereocenters. The predicted octanol–water partition coefficient (Wildman–Crippen LogP) is 3.73. The summed E-state index contributed by atoms with van der Waals surface area (Å²) in [5.41, 5.74) is 0.592. The van der Waals surface area contributed by atoms with Gasteiger partial charge in [0.15, 0.2) is 0 Å². The summed E-state index contributed by atoms with van der Waals surface area (Å²) < 4.78 is 16.0. The molecule has 1 aromatic carbocycles. The Hall–Kier alpha value is -0.700. The minimum Gasteiger partial charge on any atom is -0.259 e. The molecule has 0 aliphatic heterocycles. The highest BCUT2D eigenvalue weighted by Crippen LogP contribution is 2.31. The fourth-order valence-corrected chi connectivity index (χ4v) is 2.35. The van der Waals surface area contributed by atoms with Crippen LogP contribution < -0.4 is 4.72 Å². The van der Waals surface area contributed by atoms with Crippen molar-refractivity contribution in [3.05, 3.63) is 35.6 Å². The van der Waals surface area contributed by atoms with E-state index in [1.54, 1.807) is 18.2 Å². The van der Waals surface area contributed by atoms with Gasteiger partial charge in [0, 0.05) is 11.6 Å². The normalized spacial score (nSPS) is 15.7. The number of halogens is 1. The quantitative estimate of drug-likeness (QED) is 0.781. The second-order valence-electron chi connectivity index (χ2n) is 4.29. The number of thiol groups is 1. The van der Waals surface area contributed by atoms with Crippen LogP contribution in [-0.4, -0.2) is 11.0 Å². The molecule has 0 amide bonds. The summed E-state index contributed by atoms with van der Waals surface area (Å²) in [5, 5.41) is 9.11. The lowest BCUT2D eigenvalue weighted by Crippen LogP contribution is -2.21. The topological polar surface area (TPSA) is 35.8 Å². The molecule has 1 aromatic rings.